The zero-order chi connectivity index (χ0) is 42.5. The van der Waals surface area contributed by atoms with Gasteiger partial charge in [0.05, 0.1) is 26.4 Å². The first kappa shape index (κ1) is 46.9. The van der Waals surface area contributed by atoms with E-state index in [1.807, 2.05) is 0 Å². The van der Waals surface area contributed by atoms with Crippen LogP contribution in [0.1, 0.15) is 27.7 Å². The van der Waals surface area contributed by atoms with Gasteiger partial charge >= 0.3 is 0 Å². The molecule has 0 aliphatic carbocycles. The van der Waals surface area contributed by atoms with Crippen molar-refractivity contribution in [3.8, 4) is 0 Å². The molecule has 4 saturated heterocycles. The van der Waals surface area contributed by atoms with Crippen LogP contribution >= 0.6 is 0 Å². The molecule has 0 saturated carbocycles. The first-order valence-electron chi connectivity index (χ1n) is 18.1. The number of rotatable bonds is 14. The molecule has 20 atom stereocenters. The highest BCUT2D eigenvalue weighted by atomic mass is 16.8. The molecule has 0 spiro atoms. The fourth-order valence-corrected chi connectivity index (χ4v) is 7.17. The van der Waals surface area contributed by atoms with E-state index in [0.717, 1.165) is 27.7 Å². The van der Waals surface area contributed by atoms with Gasteiger partial charge in [0.25, 0.3) is 0 Å². The molecule has 0 bridgehead atoms. The van der Waals surface area contributed by atoms with E-state index in [2.05, 4.69) is 21.3 Å². The van der Waals surface area contributed by atoms with Crippen molar-refractivity contribution >= 4 is 23.6 Å². The van der Waals surface area contributed by atoms with Gasteiger partial charge in [0.15, 0.2) is 25.2 Å². The number of nitrogens with one attached hydrogen (secondary N) is 4. The number of aliphatic hydroxyl groups is 10. The first-order valence-corrected chi connectivity index (χ1v) is 18.1. The van der Waals surface area contributed by atoms with Crippen LogP contribution in [0.4, 0.5) is 0 Å². The molecule has 4 heterocycles. The van der Waals surface area contributed by atoms with Crippen molar-refractivity contribution in [1.29, 1.82) is 0 Å². The van der Waals surface area contributed by atoms with Crippen LogP contribution < -0.4 is 21.3 Å². The lowest BCUT2D eigenvalue weighted by molar-refractivity contribution is -0.362. The Kier molecular flexibility index (Phi) is 16.8. The van der Waals surface area contributed by atoms with Gasteiger partial charge < -0.3 is 105 Å². The van der Waals surface area contributed by atoms with E-state index in [1.54, 1.807) is 0 Å². The lowest BCUT2D eigenvalue weighted by Crippen LogP contribution is -2.71. The molecule has 4 aliphatic rings. The molecule has 328 valence electrons. The van der Waals surface area contributed by atoms with Crippen LogP contribution in [0, 0.1) is 0 Å². The summed E-state index contributed by atoms with van der Waals surface area (Å²) in [6.45, 7) is 0.884. The summed E-state index contributed by atoms with van der Waals surface area (Å²) in [6, 6.07) is -6.15. The van der Waals surface area contributed by atoms with Gasteiger partial charge in [0.1, 0.15) is 97.4 Å². The van der Waals surface area contributed by atoms with Crippen molar-refractivity contribution in [3.05, 3.63) is 0 Å². The average Bonchev–Trinajstić information content (AvgIpc) is 3.14. The molecule has 0 aromatic carbocycles. The minimum atomic E-state index is -1.89. The van der Waals surface area contributed by atoms with Crippen molar-refractivity contribution in [3.63, 3.8) is 0 Å². The maximum Gasteiger partial charge on any atom is 0.217 e. The van der Waals surface area contributed by atoms with Crippen LogP contribution in [0.15, 0.2) is 0 Å². The van der Waals surface area contributed by atoms with Gasteiger partial charge in [-0.3, -0.25) is 19.2 Å². The van der Waals surface area contributed by atoms with Gasteiger partial charge in [0, 0.05) is 27.7 Å². The van der Waals surface area contributed by atoms with E-state index < -0.39 is 173 Å². The van der Waals surface area contributed by atoms with Crippen molar-refractivity contribution in [2.24, 2.45) is 0 Å². The number of hydrogen-bond donors (Lipinski definition) is 14. The molecule has 4 fully saturated rings. The van der Waals surface area contributed by atoms with Gasteiger partial charge in [0.2, 0.25) is 23.6 Å². The van der Waals surface area contributed by atoms with E-state index in [-0.39, 0.29) is 0 Å². The molecule has 0 aromatic rings. The third kappa shape index (κ3) is 10.9. The number of carbonyl (C=O) groups is 4. The summed E-state index contributed by atoms with van der Waals surface area (Å²) < 4.78 is 40.6. The second kappa shape index (κ2) is 20.4. The highest BCUT2D eigenvalue weighted by Crippen LogP contribution is 2.34. The van der Waals surface area contributed by atoms with Crippen molar-refractivity contribution in [2.75, 3.05) is 26.4 Å². The second-order valence-corrected chi connectivity index (χ2v) is 14.1. The molecule has 25 nitrogen and oxygen atoms in total. The number of aliphatic hydroxyl groups excluding tert-OH is 10. The summed E-state index contributed by atoms with van der Waals surface area (Å²) in [7, 11) is 0. The monoisotopic (exact) mass is 830 g/mol. The Morgan fingerprint density at radius 1 is 0.421 bits per heavy atom. The Hall–Kier alpha value is -2.80. The Morgan fingerprint density at radius 3 is 1.04 bits per heavy atom. The predicted molar refractivity (Wildman–Crippen MR) is 180 cm³/mol. The zero-order valence-corrected chi connectivity index (χ0v) is 31.3. The van der Waals surface area contributed by atoms with Crippen molar-refractivity contribution in [2.45, 2.75) is 150 Å². The van der Waals surface area contributed by atoms with E-state index >= 15 is 0 Å². The Bertz CT molecular complexity index is 1370. The topological polar surface area (TPSA) is 383 Å². The first-order chi connectivity index (χ1) is 26.9. The zero-order valence-electron chi connectivity index (χ0n) is 31.3. The smallest absolute Gasteiger partial charge is 0.217 e. The van der Waals surface area contributed by atoms with E-state index in [9.17, 15) is 70.2 Å². The molecule has 4 amide bonds. The number of carbonyl (C=O) groups excluding carboxylic acids is 4. The summed E-state index contributed by atoms with van der Waals surface area (Å²) in [4.78, 5) is 48.5. The minimum absolute atomic E-state index is 0.664. The molecule has 25 heteroatoms. The fraction of sp³-hybridized carbons (Fsp3) is 0.875. The molecule has 4 rings (SSSR count). The van der Waals surface area contributed by atoms with Crippen LogP contribution in [0.2, 0.25) is 0 Å². The number of hydrogen-bond acceptors (Lipinski definition) is 21. The van der Waals surface area contributed by atoms with E-state index in [1.165, 1.54) is 0 Å². The molecular weight excluding hydrogens is 776 g/mol. The summed E-state index contributed by atoms with van der Waals surface area (Å²) in [6.07, 6.45) is -26.9. The highest BCUT2D eigenvalue weighted by Gasteiger charge is 2.56. The Balaban J connectivity index is 1.61. The minimum Gasteiger partial charge on any atom is -0.394 e. The third-order valence-electron chi connectivity index (χ3n) is 9.81. The van der Waals surface area contributed by atoms with Crippen molar-refractivity contribution < 1.29 is 103 Å². The second-order valence-electron chi connectivity index (χ2n) is 14.1. The Labute approximate surface area is 325 Å². The molecule has 4 aliphatic heterocycles. The average molecular weight is 831 g/mol. The molecule has 57 heavy (non-hydrogen) atoms. The summed E-state index contributed by atoms with van der Waals surface area (Å²) in [5.74, 6) is -2.84. The van der Waals surface area contributed by atoms with Gasteiger partial charge in [-0.1, -0.05) is 0 Å². The van der Waals surface area contributed by atoms with Crippen LogP contribution in [0.25, 0.3) is 0 Å². The molecule has 0 unspecified atom stereocenters. The highest BCUT2D eigenvalue weighted by molar-refractivity contribution is 5.74. The van der Waals surface area contributed by atoms with Gasteiger partial charge in [-0.2, -0.15) is 0 Å². The van der Waals surface area contributed by atoms with Crippen LogP contribution in [0.5, 0.6) is 0 Å². The maximum absolute atomic E-state index is 12.4. The fourth-order valence-electron chi connectivity index (χ4n) is 7.17. The standard InChI is InChI=1S/C32H54N4O21/c1-9(41)33-17-23(47)26(14(6-38)51-29(17)50)55-31-19(35-11(3)43)25(49)28(16(8-40)53-31)57-32-20(36-12(4)44)24(48)27(15(7-39)54-32)56-30-18(34-10(2)42)22(46)21(45)13(5-37)52-30/h13-32,37-40,45-50H,5-8H2,1-4H3,(H,33,41)(H,34,42)(H,35,43)(H,36,44)/t13-,14-,15-,16-,17-,18-,19-,20-,21-,22-,23-,24-,25-,26-,27-,28-,29+,30+,31+,32+/m1/s1. The van der Waals surface area contributed by atoms with Gasteiger partial charge in [-0.15, -0.1) is 0 Å². The summed E-state index contributed by atoms with van der Waals surface area (Å²) in [5, 5.41) is 116. The normalized spacial score (nSPS) is 43.8. The molecule has 0 radical (unpaired) electrons. The van der Waals surface area contributed by atoms with Crippen LogP contribution in [-0.4, -0.2) is 224 Å². The number of amides is 4. The van der Waals surface area contributed by atoms with Crippen LogP contribution in [0.3, 0.4) is 0 Å². The number of ether oxygens (including phenoxy) is 7. The van der Waals surface area contributed by atoms with Crippen LogP contribution in [-0.2, 0) is 52.3 Å². The summed E-state index contributed by atoms with van der Waals surface area (Å²) in [5.41, 5.74) is 0. The lowest BCUT2D eigenvalue weighted by Gasteiger charge is -2.51. The maximum atomic E-state index is 12.4. The Morgan fingerprint density at radius 2 is 0.702 bits per heavy atom. The molecular formula is C32H54N4O21. The van der Waals surface area contributed by atoms with E-state index in [0.29, 0.717) is 0 Å². The SMILES string of the molecule is CC(=O)N[C@@H]1[C@@H](O)[C@H](O[C@@H]2O[C@H](CO)[C@@H](O[C@@H]3O[C@H](CO)[C@@H](O[C@@H]4O[C@H](CO)[C@@H](O)[C@H](O)[C@H]4NC(C)=O)[C@H](O)[C@H]3NC(C)=O)[C@H](O)[C@H]2NC(C)=O)[C@@H](CO)O[C@@H]1O. The van der Waals surface area contributed by atoms with Crippen molar-refractivity contribution in [1.82, 2.24) is 21.3 Å². The van der Waals surface area contributed by atoms with Gasteiger partial charge in [-0.05, 0) is 0 Å². The molecule has 0 aromatic heterocycles. The summed E-state index contributed by atoms with van der Waals surface area (Å²) >= 11 is 0. The molecule has 14 N–H and O–H groups in total. The lowest BCUT2D eigenvalue weighted by atomic mass is 9.93. The predicted octanol–water partition coefficient (Wildman–Crippen LogP) is -9.17. The largest absolute Gasteiger partial charge is 0.394 e. The van der Waals surface area contributed by atoms with Gasteiger partial charge in [-0.25, -0.2) is 0 Å². The van der Waals surface area contributed by atoms with E-state index in [4.69, 9.17) is 33.2 Å². The third-order valence-corrected chi connectivity index (χ3v) is 9.81. The quantitative estimate of drug-likeness (QED) is 0.0773.